The Kier molecular flexibility index (Phi) is 3.29. The van der Waals surface area contributed by atoms with E-state index < -0.39 is 0 Å². The molecule has 0 aromatic rings. The lowest BCUT2D eigenvalue weighted by Crippen LogP contribution is -2.40. The fraction of sp³-hybridized carbons (Fsp3) is 0.533. The number of nitrogens with zero attached hydrogens (tertiary/aromatic N) is 2. The fourth-order valence-corrected chi connectivity index (χ4v) is 3.17. The lowest BCUT2D eigenvalue weighted by molar-refractivity contribution is 0.120. The van der Waals surface area contributed by atoms with Gasteiger partial charge in [-0.1, -0.05) is 32.1 Å². The molecular weight excluding hydrogens is 238 g/mol. The molecule has 2 aliphatic heterocycles. The van der Waals surface area contributed by atoms with Gasteiger partial charge in [0.15, 0.2) is 6.29 Å². The van der Waals surface area contributed by atoms with Crippen LogP contribution in [0.25, 0.3) is 0 Å². The average molecular weight is 259 g/mol. The largest absolute Gasteiger partial charge is 0.393 e. The normalized spacial score (nSPS) is 34.8. The summed E-state index contributed by atoms with van der Waals surface area (Å²) >= 11 is 0. The molecule has 3 rings (SSSR count). The van der Waals surface area contributed by atoms with E-state index in [0.717, 1.165) is 6.42 Å². The Labute approximate surface area is 114 Å². The lowest BCUT2D eigenvalue weighted by Gasteiger charge is -2.35. The van der Waals surface area contributed by atoms with Gasteiger partial charge in [0.2, 0.25) is 0 Å². The van der Waals surface area contributed by atoms with E-state index in [1.807, 2.05) is 19.2 Å². The van der Waals surface area contributed by atoms with Crippen LogP contribution in [0, 0.1) is 5.92 Å². The fourth-order valence-electron chi connectivity index (χ4n) is 3.17. The van der Waals surface area contributed by atoms with E-state index in [1.54, 1.807) is 0 Å². The Balaban J connectivity index is 1.89. The van der Waals surface area contributed by atoms with E-state index in [1.165, 1.54) is 5.57 Å². The number of hydrogen-bond acceptors (Lipinski definition) is 4. The lowest BCUT2D eigenvalue weighted by atomic mass is 9.83. The smallest absolute Gasteiger partial charge is 0.176 e. The molecule has 0 spiro atoms. The number of aliphatic imine (C=N–C) groups is 1. The first-order valence-electron chi connectivity index (χ1n) is 7.02. The van der Waals surface area contributed by atoms with Crippen molar-refractivity contribution in [2.75, 3.05) is 0 Å². The van der Waals surface area contributed by atoms with Crippen molar-refractivity contribution in [2.24, 2.45) is 10.9 Å². The molecule has 0 bridgehead atoms. The van der Waals surface area contributed by atoms with Crippen LogP contribution in [0.4, 0.5) is 0 Å². The van der Waals surface area contributed by atoms with Crippen molar-refractivity contribution in [1.29, 1.82) is 0 Å². The molecule has 1 fully saturated rings. The molecule has 102 valence electrons. The van der Waals surface area contributed by atoms with E-state index in [0.29, 0.717) is 0 Å². The molecule has 0 aromatic carbocycles. The molecule has 2 heterocycles. The van der Waals surface area contributed by atoms with Gasteiger partial charge in [0, 0.05) is 18.3 Å². The molecule has 3 aliphatic rings. The zero-order chi connectivity index (χ0) is 13.4. The van der Waals surface area contributed by atoms with E-state index in [2.05, 4.69) is 46.6 Å². The van der Waals surface area contributed by atoms with Crippen LogP contribution in [0.15, 0.2) is 41.1 Å². The molecule has 5 unspecified atom stereocenters. The third-order valence-corrected chi connectivity index (χ3v) is 4.33. The van der Waals surface area contributed by atoms with Crippen LogP contribution in [-0.2, 0) is 0 Å². The van der Waals surface area contributed by atoms with Gasteiger partial charge in [0.1, 0.15) is 0 Å². The molecule has 19 heavy (non-hydrogen) atoms. The summed E-state index contributed by atoms with van der Waals surface area (Å²) in [6.07, 6.45) is 12.8. The highest BCUT2D eigenvalue weighted by Crippen LogP contribution is 2.34. The van der Waals surface area contributed by atoms with Crippen molar-refractivity contribution in [3.8, 4) is 0 Å². The highest BCUT2D eigenvalue weighted by atomic mass is 16.3. The van der Waals surface area contributed by atoms with Crippen LogP contribution < -0.4 is 5.32 Å². The number of aliphatic hydroxyl groups excluding tert-OH is 1. The molecule has 0 saturated carbocycles. The third-order valence-electron chi connectivity index (χ3n) is 4.33. The summed E-state index contributed by atoms with van der Waals surface area (Å²) in [4.78, 5) is 6.70. The molecular formula is C15H21N3O. The topological polar surface area (TPSA) is 47.9 Å². The minimum absolute atomic E-state index is 0.0251. The molecule has 0 radical (unpaired) electrons. The Morgan fingerprint density at radius 2 is 2.32 bits per heavy atom. The predicted molar refractivity (Wildman–Crippen MR) is 76.7 cm³/mol. The van der Waals surface area contributed by atoms with Crippen LogP contribution in [-0.4, -0.2) is 40.7 Å². The third kappa shape index (κ3) is 2.05. The maximum Gasteiger partial charge on any atom is 0.176 e. The van der Waals surface area contributed by atoms with Gasteiger partial charge in [-0.3, -0.25) is 10.3 Å². The molecule has 5 atom stereocenters. The van der Waals surface area contributed by atoms with Gasteiger partial charge in [-0.15, -0.1) is 0 Å². The SMILES string of the molecule is CCC(O)C(C)C1=CC=CC2NC3N=CC=CN3C12. The standard InChI is InChI=1S/C15H21N3O/c1-3-13(19)10(2)11-6-4-7-12-14(11)18-9-5-8-16-15(18)17-12/h4-10,12-15,17,19H,3H2,1-2H3. The molecule has 0 amide bonds. The van der Waals surface area contributed by atoms with Crippen LogP contribution in [0.3, 0.4) is 0 Å². The second kappa shape index (κ2) is 4.94. The van der Waals surface area contributed by atoms with Crippen molar-refractivity contribution in [3.63, 3.8) is 0 Å². The number of aliphatic hydroxyl groups is 1. The van der Waals surface area contributed by atoms with Gasteiger partial charge in [-0.25, -0.2) is 0 Å². The second-order valence-electron chi connectivity index (χ2n) is 5.41. The zero-order valence-corrected chi connectivity index (χ0v) is 11.4. The summed E-state index contributed by atoms with van der Waals surface area (Å²) in [7, 11) is 0. The van der Waals surface area contributed by atoms with Gasteiger partial charge >= 0.3 is 0 Å². The minimum atomic E-state index is -0.283. The summed E-state index contributed by atoms with van der Waals surface area (Å²) in [6, 6.07) is 0.538. The van der Waals surface area contributed by atoms with Crippen LogP contribution in [0.2, 0.25) is 0 Å². The highest BCUT2D eigenvalue weighted by Gasteiger charge is 2.42. The van der Waals surface area contributed by atoms with Crippen molar-refractivity contribution < 1.29 is 5.11 Å². The maximum atomic E-state index is 10.1. The second-order valence-corrected chi connectivity index (χ2v) is 5.41. The van der Waals surface area contributed by atoms with Crippen molar-refractivity contribution >= 4 is 6.21 Å². The van der Waals surface area contributed by atoms with E-state index in [9.17, 15) is 5.11 Å². The number of allylic oxidation sites excluding steroid dienone is 3. The first kappa shape index (κ1) is 12.6. The summed E-state index contributed by atoms with van der Waals surface area (Å²) in [5.74, 6) is 0.169. The Morgan fingerprint density at radius 1 is 1.47 bits per heavy atom. The molecule has 1 aliphatic carbocycles. The van der Waals surface area contributed by atoms with Gasteiger partial charge in [-0.2, -0.15) is 0 Å². The van der Waals surface area contributed by atoms with E-state index in [-0.39, 0.29) is 30.4 Å². The summed E-state index contributed by atoms with van der Waals surface area (Å²) in [5, 5.41) is 13.6. The average Bonchev–Trinajstić information content (AvgIpc) is 2.84. The summed E-state index contributed by atoms with van der Waals surface area (Å²) in [5.41, 5.74) is 1.29. The van der Waals surface area contributed by atoms with E-state index >= 15 is 0 Å². The monoisotopic (exact) mass is 259 g/mol. The van der Waals surface area contributed by atoms with Gasteiger partial charge < -0.3 is 10.0 Å². The quantitative estimate of drug-likeness (QED) is 0.805. The Bertz CT molecular complexity index is 466. The maximum absolute atomic E-state index is 10.1. The van der Waals surface area contributed by atoms with Gasteiger partial charge in [-0.05, 0) is 18.1 Å². The predicted octanol–water partition coefficient (Wildman–Crippen LogP) is 1.41. The molecule has 4 heteroatoms. The highest BCUT2D eigenvalue weighted by molar-refractivity contribution is 5.72. The summed E-state index contributed by atoms with van der Waals surface area (Å²) in [6.45, 7) is 4.14. The van der Waals surface area contributed by atoms with Crippen molar-refractivity contribution in [2.45, 2.75) is 44.7 Å². The Morgan fingerprint density at radius 3 is 3.11 bits per heavy atom. The molecule has 0 aromatic heterocycles. The number of nitrogens with one attached hydrogen (secondary N) is 1. The number of rotatable bonds is 3. The van der Waals surface area contributed by atoms with E-state index in [4.69, 9.17) is 0 Å². The van der Waals surface area contributed by atoms with Gasteiger partial charge in [0.05, 0.1) is 18.2 Å². The van der Waals surface area contributed by atoms with Crippen LogP contribution >= 0.6 is 0 Å². The zero-order valence-electron chi connectivity index (χ0n) is 11.4. The minimum Gasteiger partial charge on any atom is -0.393 e. The number of hydrogen-bond donors (Lipinski definition) is 2. The Hall–Kier alpha value is -1.39. The van der Waals surface area contributed by atoms with Crippen molar-refractivity contribution in [3.05, 3.63) is 36.1 Å². The number of fused-ring (bicyclic) bond motifs is 3. The molecule has 1 saturated heterocycles. The van der Waals surface area contributed by atoms with Gasteiger partial charge in [0.25, 0.3) is 0 Å². The van der Waals surface area contributed by atoms with Crippen molar-refractivity contribution in [1.82, 2.24) is 10.2 Å². The first-order valence-corrected chi connectivity index (χ1v) is 7.02. The summed E-state index contributed by atoms with van der Waals surface area (Å²) < 4.78 is 0. The molecule has 4 nitrogen and oxygen atoms in total. The van der Waals surface area contributed by atoms with Crippen LogP contribution in [0.1, 0.15) is 20.3 Å². The van der Waals surface area contributed by atoms with Crippen LogP contribution in [0.5, 0.6) is 0 Å². The molecule has 2 N–H and O–H groups in total. The first-order chi connectivity index (χ1) is 9.22.